The van der Waals surface area contributed by atoms with Gasteiger partial charge in [0.25, 0.3) is 11.8 Å². The van der Waals surface area contributed by atoms with Crippen molar-refractivity contribution in [3.05, 3.63) is 71.0 Å². The minimum absolute atomic E-state index is 0.145. The summed E-state index contributed by atoms with van der Waals surface area (Å²) in [6.45, 7) is 2.16. The van der Waals surface area contributed by atoms with E-state index in [9.17, 15) is 28.7 Å². The van der Waals surface area contributed by atoms with Crippen molar-refractivity contribution < 1.29 is 33.4 Å². The molecule has 0 aromatic heterocycles. The molecule has 180 valence electrons. The van der Waals surface area contributed by atoms with Gasteiger partial charge in [-0.2, -0.15) is 0 Å². The summed E-state index contributed by atoms with van der Waals surface area (Å²) in [7, 11) is 1.16. The maximum Gasteiger partial charge on any atom is 0.411 e. The van der Waals surface area contributed by atoms with Gasteiger partial charge in [-0.1, -0.05) is 29.8 Å². The molecule has 0 spiro atoms. The molecule has 2 aromatic carbocycles. The number of aliphatic carboxylic acids is 1. The quantitative estimate of drug-likeness (QED) is 0.669. The molecule has 34 heavy (non-hydrogen) atoms. The molecular weight excluding hydrogens is 445 g/mol. The van der Waals surface area contributed by atoms with Crippen molar-refractivity contribution in [1.29, 1.82) is 0 Å². The van der Waals surface area contributed by atoms with E-state index >= 15 is 0 Å². The fourth-order valence-corrected chi connectivity index (χ4v) is 3.95. The van der Waals surface area contributed by atoms with Crippen molar-refractivity contribution in [2.24, 2.45) is 0 Å². The number of hydrogen-bond donors (Lipinski definition) is 2. The van der Waals surface area contributed by atoms with Crippen LogP contribution in [-0.4, -0.2) is 65.1 Å². The van der Waals surface area contributed by atoms with Crippen molar-refractivity contribution >= 4 is 23.9 Å². The number of aryl methyl sites for hydroxylation is 1. The highest BCUT2D eigenvalue weighted by Gasteiger charge is 2.42. The van der Waals surface area contributed by atoms with E-state index in [4.69, 9.17) is 4.74 Å². The second kappa shape index (κ2) is 10.8. The molecule has 1 aliphatic rings. The molecule has 2 atom stereocenters. The second-order valence-corrected chi connectivity index (χ2v) is 7.97. The van der Waals surface area contributed by atoms with Gasteiger partial charge in [0.1, 0.15) is 5.82 Å². The highest BCUT2D eigenvalue weighted by atomic mass is 19.1. The SMILES string of the molecule is COC(=O)N1CCCN(C(=O)c2ccc(F)cc2)C1C(=O)NC(CC(=O)O)c1cccc(C)c1. The number of rotatable bonds is 6. The summed E-state index contributed by atoms with van der Waals surface area (Å²) < 4.78 is 18.2. The Morgan fingerprint density at radius 2 is 1.79 bits per heavy atom. The molecule has 10 heteroatoms. The van der Waals surface area contributed by atoms with Crippen LogP contribution in [0.3, 0.4) is 0 Å². The predicted molar refractivity (Wildman–Crippen MR) is 119 cm³/mol. The monoisotopic (exact) mass is 471 g/mol. The zero-order valence-corrected chi connectivity index (χ0v) is 18.9. The van der Waals surface area contributed by atoms with E-state index < -0.39 is 48.3 Å². The fraction of sp³-hybridized carbons (Fsp3) is 0.333. The molecule has 2 unspecified atom stereocenters. The second-order valence-electron chi connectivity index (χ2n) is 7.97. The van der Waals surface area contributed by atoms with Crippen molar-refractivity contribution in [3.63, 3.8) is 0 Å². The molecule has 3 amide bonds. The Morgan fingerprint density at radius 3 is 2.41 bits per heavy atom. The van der Waals surface area contributed by atoms with Gasteiger partial charge in [0.05, 0.1) is 19.6 Å². The smallest absolute Gasteiger partial charge is 0.411 e. The van der Waals surface area contributed by atoms with Crippen molar-refractivity contribution in [2.75, 3.05) is 20.2 Å². The highest BCUT2D eigenvalue weighted by molar-refractivity contribution is 5.98. The minimum atomic E-state index is -1.38. The maximum atomic E-state index is 13.5. The lowest BCUT2D eigenvalue weighted by Gasteiger charge is -2.42. The lowest BCUT2D eigenvalue weighted by Crippen LogP contribution is -2.63. The average molecular weight is 471 g/mol. The van der Waals surface area contributed by atoms with Crippen molar-refractivity contribution in [1.82, 2.24) is 15.1 Å². The minimum Gasteiger partial charge on any atom is -0.481 e. The summed E-state index contributed by atoms with van der Waals surface area (Å²) in [6, 6.07) is 11.0. The summed E-state index contributed by atoms with van der Waals surface area (Å²) in [5, 5.41) is 12.1. The molecule has 0 aliphatic carbocycles. The topological polar surface area (TPSA) is 116 Å². The van der Waals surface area contributed by atoms with Gasteiger partial charge in [0, 0.05) is 18.7 Å². The number of nitrogens with zero attached hydrogens (tertiary/aromatic N) is 2. The summed E-state index contributed by atoms with van der Waals surface area (Å²) >= 11 is 0. The normalized spacial score (nSPS) is 16.5. The van der Waals surface area contributed by atoms with Crippen LogP contribution in [0, 0.1) is 12.7 Å². The van der Waals surface area contributed by atoms with E-state index in [1.54, 1.807) is 18.2 Å². The van der Waals surface area contributed by atoms with E-state index in [-0.39, 0.29) is 18.7 Å². The maximum absolute atomic E-state index is 13.5. The number of carbonyl (C=O) groups is 4. The number of nitrogens with one attached hydrogen (secondary N) is 1. The Labute approximate surface area is 196 Å². The number of hydrogen-bond acceptors (Lipinski definition) is 5. The molecule has 2 aromatic rings. The van der Waals surface area contributed by atoms with Crippen LogP contribution in [0.15, 0.2) is 48.5 Å². The Morgan fingerprint density at radius 1 is 1.12 bits per heavy atom. The van der Waals surface area contributed by atoms with Crippen LogP contribution in [0.25, 0.3) is 0 Å². The number of carbonyl (C=O) groups excluding carboxylic acids is 3. The van der Waals surface area contributed by atoms with Crippen LogP contribution in [0.5, 0.6) is 0 Å². The van der Waals surface area contributed by atoms with E-state index in [1.165, 1.54) is 17.0 Å². The molecule has 1 saturated heterocycles. The highest BCUT2D eigenvalue weighted by Crippen LogP contribution is 2.23. The first kappa shape index (κ1) is 24.7. The molecule has 1 heterocycles. The molecule has 1 aliphatic heterocycles. The number of carboxylic acid groups (broad SMARTS) is 1. The van der Waals surface area contributed by atoms with Gasteiger partial charge in [0.2, 0.25) is 0 Å². The largest absolute Gasteiger partial charge is 0.481 e. The molecule has 9 nitrogen and oxygen atoms in total. The molecule has 3 rings (SSSR count). The van der Waals surface area contributed by atoms with E-state index in [0.29, 0.717) is 12.0 Å². The number of methoxy groups -OCH3 is 1. The van der Waals surface area contributed by atoms with Gasteiger partial charge >= 0.3 is 12.1 Å². The predicted octanol–water partition coefficient (Wildman–Crippen LogP) is 2.71. The first-order chi connectivity index (χ1) is 16.2. The lowest BCUT2D eigenvalue weighted by molar-refractivity contribution is -0.138. The summed E-state index contributed by atoms with van der Waals surface area (Å²) in [4.78, 5) is 53.0. The van der Waals surface area contributed by atoms with Gasteiger partial charge < -0.3 is 20.1 Å². The number of carboxylic acids is 1. The fourth-order valence-electron chi connectivity index (χ4n) is 3.95. The number of ether oxygens (including phenoxy) is 1. The van der Waals surface area contributed by atoms with E-state index in [1.807, 2.05) is 13.0 Å². The van der Waals surface area contributed by atoms with Gasteiger partial charge in [-0.25, -0.2) is 9.18 Å². The zero-order chi connectivity index (χ0) is 24.8. The Bertz CT molecular complexity index is 1070. The van der Waals surface area contributed by atoms with Gasteiger partial charge in [0.15, 0.2) is 6.17 Å². The first-order valence-electron chi connectivity index (χ1n) is 10.7. The molecule has 0 bridgehead atoms. The van der Waals surface area contributed by atoms with Crippen LogP contribution >= 0.6 is 0 Å². The number of halogens is 1. The summed E-state index contributed by atoms with van der Waals surface area (Å²) in [5.41, 5.74) is 1.60. The van der Waals surface area contributed by atoms with Crippen LogP contribution in [0.4, 0.5) is 9.18 Å². The average Bonchev–Trinajstić information content (AvgIpc) is 2.82. The zero-order valence-electron chi connectivity index (χ0n) is 18.9. The van der Waals surface area contributed by atoms with Crippen LogP contribution in [0.2, 0.25) is 0 Å². The van der Waals surface area contributed by atoms with Gasteiger partial charge in [-0.3, -0.25) is 19.3 Å². The molecule has 0 saturated carbocycles. The molecule has 1 fully saturated rings. The van der Waals surface area contributed by atoms with E-state index in [0.717, 1.165) is 29.7 Å². The lowest BCUT2D eigenvalue weighted by atomic mass is 10.0. The Kier molecular flexibility index (Phi) is 7.83. The Hall–Kier alpha value is -3.95. The van der Waals surface area contributed by atoms with Crippen LogP contribution < -0.4 is 5.32 Å². The number of amides is 3. The van der Waals surface area contributed by atoms with Gasteiger partial charge in [-0.15, -0.1) is 0 Å². The van der Waals surface area contributed by atoms with Gasteiger partial charge in [-0.05, 0) is 43.2 Å². The Balaban J connectivity index is 1.95. The number of benzene rings is 2. The summed E-state index contributed by atoms with van der Waals surface area (Å²) in [6.07, 6.45) is -2.18. The summed E-state index contributed by atoms with van der Waals surface area (Å²) in [5.74, 6) is -2.94. The third kappa shape index (κ3) is 5.69. The van der Waals surface area contributed by atoms with E-state index in [2.05, 4.69) is 5.32 Å². The first-order valence-corrected chi connectivity index (χ1v) is 10.7. The molecule has 0 radical (unpaired) electrons. The standard InChI is InChI=1S/C24H26FN3O6/c1-15-5-3-6-17(13-15)19(14-20(29)30)26-21(31)22-27(11-4-12-28(22)24(33)34-2)23(32)16-7-9-18(25)10-8-16/h3,5-10,13,19,22H,4,11-12,14H2,1-2H3,(H,26,31)(H,29,30). The molecular formula is C24H26FN3O6. The third-order valence-electron chi connectivity index (χ3n) is 5.52. The molecule has 2 N–H and O–H groups in total. The van der Waals surface area contributed by atoms with Crippen LogP contribution in [0.1, 0.15) is 40.4 Å². The van der Waals surface area contributed by atoms with Crippen molar-refractivity contribution in [3.8, 4) is 0 Å². The third-order valence-corrected chi connectivity index (χ3v) is 5.52. The van der Waals surface area contributed by atoms with Crippen LogP contribution in [-0.2, 0) is 14.3 Å². The van der Waals surface area contributed by atoms with Crippen molar-refractivity contribution in [2.45, 2.75) is 32.0 Å².